The number of anilines is 1. The van der Waals surface area contributed by atoms with Crippen molar-refractivity contribution in [1.29, 1.82) is 0 Å². The van der Waals surface area contributed by atoms with Crippen molar-refractivity contribution in [3.8, 4) is 16.9 Å². The molecule has 0 aliphatic heterocycles. The summed E-state index contributed by atoms with van der Waals surface area (Å²) in [5.74, 6) is 0.796. The molecule has 0 fully saturated rings. The zero-order chi connectivity index (χ0) is 21.9. The molecule has 0 saturated heterocycles. The number of aromatic nitrogens is 4. The number of fused-ring (bicyclic) bond motifs is 1. The number of H-pyrrole nitrogens is 1. The summed E-state index contributed by atoms with van der Waals surface area (Å²) in [6, 6.07) is 21.3. The zero-order valence-electron chi connectivity index (χ0n) is 17.4. The van der Waals surface area contributed by atoms with Gasteiger partial charge in [0.15, 0.2) is 0 Å². The lowest BCUT2D eigenvalue weighted by Gasteiger charge is -2.05. The molecule has 7 nitrogen and oxygen atoms in total. The maximum absolute atomic E-state index is 12.8. The van der Waals surface area contributed by atoms with Crippen LogP contribution in [0.2, 0.25) is 0 Å². The predicted molar refractivity (Wildman–Crippen MR) is 124 cm³/mol. The van der Waals surface area contributed by atoms with E-state index in [0.717, 1.165) is 27.7 Å². The minimum atomic E-state index is -0.238. The Morgan fingerprint density at radius 2 is 1.88 bits per heavy atom. The fourth-order valence-corrected chi connectivity index (χ4v) is 3.68. The highest BCUT2D eigenvalue weighted by Crippen LogP contribution is 2.33. The molecule has 2 heterocycles. The van der Waals surface area contributed by atoms with Gasteiger partial charge >= 0.3 is 0 Å². The summed E-state index contributed by atoms with van der Waals surface area (Å²) in [5, 5.41) is 2.87. The first-order valence-corrected chi connectivity index (χ1v) is 10.2. The standard InChI is InChI=1S/C25H21N5O2/c1-32-21-12-11-20(18-5-3-2-4-6-18)22-23(21)28-25(27-22)29-24(31)19-9-7-17(8-10-19)15-30-14-13-26-16-30/h2-14,16H,15H2,1H3,(H2,27,28,29,31). The normalized spacial score (nSPS) is 10.9. The summed E-state index contributed by atoms with van der Waals surface area (Å²) in [7, 11) is 1.61. The van der Waals surface area contributed by atoms with E-state index >= 15 is 0 Å². The molecule has 0 spiro atoms. The fourth-order valence-electron chi connectivity index (χ4n) is 3.68. The van der Waals surface area contributed by atoms with Gasteiger partial charge in [-0.25, -0.2) is 9.97 Å². The Labute approximate surface area is 184 Å². The van der Waals surface area contributed by atoms with Gasteiger partial charge in [0.25, 0.3) is 5.91 Å². The third-order valence-electron chi connectivity index (χ3n) is 5.28. The van der Waals surface area contributed by atoms with E-state index in [2.05, 4.69) is 20.3 Å². The van der Waals surface area contributed by atoms with E-state index in [1.807, 2.05) is 65.4 Å². The smallest absolute Gasteiger partial charge is 0.257 e. The minimum Gasteiger partial charge on any atom is -0.494 e. The second kappa shape index (κ2) is 8.39. The molecule has 0 aliphatic carbocycles. The molecule has 158 valence electrons. The second-order valence-electron chi connectivity index (χ2n) is 7.38. The largest absolute Gasteiger partial charge is 0.494 e. The molecule has 0 radical (unpaired) electrons. The van der Waals surface area contributed by atoms with Gasteiger partial charge in [-0.1, -0.05) is 42.5 Å². The molecule has 0 atom stereocenters. The second-order valence-corrected chi connectivity index (χ2v) is 7.38. The number of ether oxygens (including phenoxy) is 1. The number of carbonyl (C=O) groups excluding carboxylic acids is 1. The first-order valence-electron chi connectivity index (χ1n) is 10.2. The van der Waals surface area contributed by atoms with Crippen LogP contribution in [-0.4, -0.2) is 32.5 Å². The molecule has 1 amide bonds. The Morgan fingerprint density at radius 1 is 1.06 bits per heavy atom. The molecule has 2 N–H and O–H groups in total. The summed E-state index contributed by atoms with van der Waals surface area (Å²) in [4.78, 5) is 24.7. The maximum Gasteiger partial charge on any atom is 0.257 e. The van der Waals surface area contributed by atoms with E-state index in [4.69, 9.17) is 4.74 Å². The summed E-state index contributed by atoms with van der Waals surface area (Å²) in [5.41, 5.74) is 5.11. The first-order chi connectivity index (χ1) is 15.7. The average Bonchev–Trinajstić information content (AvgIpc) is 3.49. The molecule has 2 aromatic heterocycles. The van der Waals surface area contributed by atoms with Gasteiger partial charge in [-0.2, -0.15) is 0 Å². The van der Waals surface area contributed by atoms with Crippen LogP contribution in [0.4, 0.5) is 5.95 Å². The lowest BCUT2D eigenvalue weighted by Crippen LogP contribution is -2.13. The van der Waals surface area contributed by atoms with Crippen LogP contribution in [0.5, 0.6) is 5.75 Å². The van der Waals surface area contributed by atoms with Crippen LogP contribution < -0.4 is 10.1 Å². The van der Waals surface area contributed by atoms with E-state index in [1.54, 1.807) is 31.8 Å². The number of nitrogens with zero attached hydrogens (tertiary/aromatic N) is 3. The van der Waals surface area contributed by atoms with Crippen molar-refractivity contribution >= 4 is 22.9 Å². The van der Waals surface area contributed by atoms with Gasteiger partial charge in [-0.15, -0.1) is 0 Å². The van der Waals surface area contributed by atoms with Crippen molar-refractivity contribution in [2.45, 2.75) is 6.54 Å². The number of amides is 1. The van der Waals surface area contributed by atoms with E-state index in [0.29, 0.717) is 23.8 Å². The summed E-state index contributed by atoms with van der Waals surface area (Å²) in [6.45, 7) is 0.702. The Hall–Kier alpha value is -4.39. The summed E-state index contributed by atoms with van der Waals surface area (Å²) >= 11 is 0. The molecule has 0 unspecified atom stereocenters. The van der Waals surface area contributed by atoms with Crippen LogP contribution in [0, 0.1) is 0 Å². The highest BCUT2D eigenvalue weighted by atomic mass is 16.5. The van der Waals surface area contributed by atoms with Crippen molar-refractivity contribution in [2.75, 3.05) is 12.4 Å². The van der Waals surface area contributed by atoms with Gasteiger partial charge in [0, 0.05) is 30.1 Å². The number of nitrogens with one attached hydrogen (secondary N) is 2. The highest BCUT2D eigenvalue weighted by Gasteiger charge is 2.15. The Balaban J connectivity index is 1.40. The molecular weight excluding hydrogens is 402 g/mol. The van der Waals surface area contributed by atoms with Crippen LogP contribution in [0.15, 0.2) is 85.5 Å². The Morgan fingerprint density at radius 3 is 2.59 bits per heavy atom. The SMILES string of the molecule is COc1ccc(-c2ccccc2)c2nc(NC(=O)c3ccc(Cn4ccnc4)cc3)[nH]c12. The molecule has 0 aliphatic rings. The van der Waals surface area contributed by atoms with Gasteiger partial charge in [-0.05, 0) is 35.4 Å². The maximum atomic E-state index is 12.8. The number of rotatable bonds is 6. The Kier molecular flexibility index (Phi) is 5.13. The van der Waals surface area contributed by atoms with Gasteiger partial charge < -0.3 is 14.3 Å². The topological polar surface area (TPSA) is 84.8 Å². The van der Waals surface area contributed by atoms with Crippen molar-refractivity contribution < 1.29 is 9.53 Å². The molecule has 3 aromatic carbocycles. The number of methoxy groups -OCH3 is 1. The van der Waals surface area contributed by atoms with E-state index in [-0.39, 0.29) is 5.91 Å². The molecular formula is C25H21N5O2. The van der Waals surface area contributed by atoms with Crippen molar-refractivity contribution in [3.63, 3.8) is 0 Å². The monoisotopic (exact) mass is 423 g/mol. The lowest BCUT2D eigenvalue weighted by atomic mass is 10.0. The zero-order valence-corrected chi connectivity index (χ0v) is 17.4. The third kappa shape index (κ3) is 3.83. The number of carbonyl (C=O) groups is 1. The fraction of sp³-hybridized carbons (Fsp3) is 0.0800. The van der Waals surface area contributed by atoms with Crippen molar-refractivity contribution in [2.24, 2.45) is 0 Å². The van der Waals surface area contributed by atoms with Crippen LogP contribution in [0.1, 0.15) is 15.9 Å². The molecule has 0 saturated carbocycles. The molecule has 5 rings (SSSR count). The summed E-state index contributed by atoms with van der Waals surface area (Å²) < 4.78 is 7.46. The lowest BCUT2D eigenvalue weighted by molar-refractivity contribution is 0.102. The number of hydrogen-bond acceptors (Lipinski definition) is 4. The van der Waals surface area contributed by atoms with Crippen LogP contribution in [0.25, 0.3) is 22.2 Å². The van der Waals surface area contributed by atoms with Crippen LogP contribution >= 0.6 is 0 Å². The van der Waals surface area contributed by atoms with Crippen molar-refractivity contribution in [1.82, 2.24) is 19.5 Å². The quantitative estimate of drug-likeness (QED) is 0.413. The number of hydrogen-bond donors (Lipinski definition) is 2. The molecule has 32 heavy (non-hydrogen) atoms. The molecule has 5 aromatic rings. The number of benzene rings is 3. The summed E-state index contributed by atoms with van der Waals surface area (Å²) in [6.07, 6.45) is 5.41. The number of imidazole rings is 2. The van der Waals surface area contributed by atoms with Gasteiger partial charge in [-0.3, -0.25) is 10.1 Å². The predicted octanol–water partition coefficient (Wildman–Crippen LogP) is 4.74. The van der Waals surface area contributed by atoms with Gasteiger partial charge in [0.1, 0.15) is 16.8 Å². The van der Waals surface area contributed by atoms with Crippen LogP contribution in [0.3, 0.4) is 0 Å². The highest BCUT2D eigenvalue weighted by molar-refractivity contribution is 6.05. The number of aromatic amines is 1. The van der Waals surface area contributed by atoms with E-state index < -0.39 is 0 Å². The van der Waals surface area contributed by atoms with E-state index in [1.165, 1.54) is 0 Å². The van der Waals surface area contributed by atoms with E-state index in [9.17, 15) is 4.79 Å². The Bertz CT molecular complexity index is 1360. The van der Waals surface area contributed by atoms with Crippen LogP contribution in [-0.2, 0) is 6.54 Å². The van der Waals surface area contributed by atoms with Crippen molar-refractivity contribution in [3.05, 3.63) is 96.6 Å². The van der Waals surface area contributed by atoms with Gasteiger partial charge in [0.05, 0.1) is 13.4 Å². The molecule has 0 bridgehead atoms. The third-order valence-corrected chi connectivity index (χ3v) is 5.28. The minimum absolute atomic E-state index is 0.238. The first kappa shape index (κ1) is 19.6. The average molecular weight is 423 g/mol. The molecule has 7 heteroatoms. The van der Waals surface area contributed by atoms with Gasteiger partial charge in [0.2, 0.25) is 5.95 Å².